The third kappa shape index (κ3) is 12.6. The van der Waals surface area contributed by atoms with Crippen molar-refractivity contribution in [3.63, 3.8) is 0 Å². The second-order valence-corrected chi connectivity index (χ2v) is 11.5. The van der Waals surface area contributed by atoms with E-state index in [2.05, 4.69) is 6.58 Å². The minimum atomic E-state index is -1.80. The highest BCUT2D eigenvalue weighted by molar-refractivity contribution is 6.67. The fourth-order valence-electron chi connectivity index (χ4n) is 2.50. The topological polar surface area (TPSA) is 99.1 Å². The van der Waals surface area contributed by atoms with Crippen LogP contribution in [0, 0.1) is 11.3 Å². The van der Waals surface area contributed by atoms with Crippen molar-refractivity contribution >= 4 is 52.7 Å². The molecule has 0 aromatic heterocycles. The summed E-state index contributed by atoms with van der Waals surface area (Å²) in [5, 5.41) is 10.5. The molecule has 0 aliphatic rings. The van der Waals surface area contributed by atoms with Crippen molar-refractivity contribution in [3.05, 3.63) is 12.7 Å². The molecule has 0 aromatic rings. The van der Waals surface area contributed by atoms with Gasteiger partial charge in [-0.05, 0) is 33.1 Å². The molecule has 0 saturated heterocycles. The highest BCUT2D eigenvalue weighted by Crippen LogP contribution is 2.30. The number of ketones is 1. The average molecular weight is 504 g/mol. The fourth-order valence-corrected chi connectivity index (χ4v) is 2.66. The van der Waals surface area contributed by atoms with E-state index in [0.717, 1.165) is 0 Å². The van der Waals surface area contributed by atoms with Gasteiger partial charge in [0.2, 0.25) is 3.79 Å². The van der Waals surface area contributed by atoms with Crippen LogP contribution in [0.4, 0.5) is 4.79 Å². The Balaban J connectivity index is 5.22. The van der Waals surface area contributed by atoms with Crippen LogP contribution in [0.25, 0.3) is 0 Å². The smallest absolute Gasteiger partial charge is 0.460 e. The largest absolute Gasteiger partial charge is 0.508 e. The molecule has 10 heteroatoms. The number of carbonyl (C=O) groups excluding carboxylic acids is 3. The third-order valence-electron chi connectivity index (χ3n) is 4.49. The number of alkyl halides is 3. The van der Waals surface area contributed by atoms with Gasteiger partial charge < -0.3 is 19.3 Å². The van der Waals surface area contributed by atoms with Crippen LogP contribution in [0.5, 0.6) is 0 Å². The lowest BCUT2D eigenvalue weighted by Crippen LogP contribution is -2.42. The fraction of sp³-hybridized carbons (Fsp3) is 0.762. The Morgan fingerprint density at radius 1 is 1.06 bits per heavy atom. The molecule has 31 heavy (non-hydrogen) atoms. The first kappa shape index (κ1) is 30.0. The number of hydrogen-bond donors (Lipinski definition) is 1. The van der Waals surface area contributed by atoms with Crippen molar-refractivity contribution in [2.24, 2.45) is 11.3 Å². The zero-order valence-electron chi connectivity index (χ0n) is 18.9. The molecule has 0 bridgehead atoms. The number of rotatable bonds is 11. The molecule has 0 unspecified atom stereocenters. The molecule has 0 rings (SSSR count). The normalized spacial score (nSPS) is 15.4. The number of halogens is 3. The number of allylic oxidation sites excluding steroid dienone is 1. The van der Waals surface area contributed by atoms with E-state index in [1.807, 2.05) is 0 Å². The van der Waals surface area contributed by atoms with Crippen LogP contribution in [-0.2, 0) is 23.8 Å². The van der Waals surface area contributed by atoms with Gasteiger partial charge in [-0.1, -0.05) is 61.7 Å². The van der Waals surface area contributed by atoms with Crippen LogP contribution in [0.15, 0.2) is 12.7 Å². The lowest BCUT2D eigenvalue weighted by Gasteiger charge is -2.32. The SMILES string of the molecule is C=CC[C@H](C)[C@@H](CC(=O)C(C)(C)[C@@H](O)CC(=O)OC(C)(C)C)OC(=O)OCC(Cl)(Cl)Cl. The number of ether oxygens (including phenoxy) is 3. The second-order valence-electron chi connectivity index (χ2n) is 8.97. The van der Waals surface area contributed by atoms with Crippen LogP contribution in [0.2, 0.25) is 0 Å². The summed E-state index contributed by atoms with van der Waals surface area (Å²) < 4.78 is 13.4. The molecular formula is C21H33Cl3O7. The molecular weight excluding hydrogens is 471 g/mol. The zero-order valence-corrected chi connectivity index (χ0v) is 21.1. The Kier molecular flexibility index (Phi) is 11.9. The van der Waals surface area contributed by atoms with Crippen molar-refractivity contribution in [1.29, 1.82) is 0 Å². The molecule has 7 nitrogen and oxygen atoms in total. The van der Waals surface area contributed by atoms with Gasteiger partial charge in [0.15, 0.2) is 0 Å². The highest BCUT2D eigenvalue weighted by Gasteiger charge is 2.40. The molecule has 3 atom stereocenters. The molecule has 0 saturated carbocycles. The minimum absolute atomic E-state index is 0.212. The van der Waals surface area contributed by atoms with Crippen molar-refractivity contribution in [1.82, 2.24) is 0 Å². The molecule has 180 valence electrons. The van der Waals surface area contributed by atoms with E-state index < -0.39 is 51.5 Å². The summed E-state index contributed by atoms with van der Waals surface area (Å²) in [4.78, 5) is 37.0. The lowest BCUT2D eigenvalue weighted by molar-refractivity contribution is -0.159. The van der Waals surface area contributed by atoms with Crippen LogP contribution in [0.3, 0.4) is 0 Å². The number of carbonyl (C=O) groups is 3. The van der Waals surface area contributed by atoms with E-state index in [1.54, 1.807) is 33.8 Å². The van der Waals surface area contributed by atoms with Gasteiger partial charge in [0.05, 0.1) is 12.5 Å². The summed E-state index contributed by atoms with van der Waals surface area (Å²) in [7, 11) is 0. The summed E-state index contributed by atoms with van der Waals surface area (Å²) in [5.41, 5.74) is -2.01. The number of aliphatic hydroxyl groups is 1. The van der Waals surface area contributed by atoms with Gasteiger partial charge in [-0.2, -0.15) is 0 Å². The maximum Gasteiger partial charge on any atom is 0.508 e. The van der Waals surface area contributed by atoms with Gasteiger partial charge in [0.25, 0.3) is 0 Å². The van der Waals surface area contributed by atoms with E-state index in [1.165, 1.54) is 13.8 Å². The van der Waals surface area contributed by atoms with E-state index in [9.17, 15) is 19.5 Å². The van der Waals surface area contributed by atoms with Crippen LogP contribution < -0.4 is 0 Å². The lowest BCUT2D eigenvalue weighted by atomic mass is 9.77. The Morgan fingerprint density at radius 2 is 1.61 bits per heavy atom. The number of aliphatic hydroxyl groups excluding tert-OH is 1. The monoisotopic (exact) mass is 502 g/mol. The van der Waals surface area contributed by atoms with Crippen molar-refractivity contribution in [3.8, 4) is 0 Å². The Hall–Kier alpha value is -1.02. The summed E-state index contributed by atoms with van der Waals surface area (Å²) in [6.07, 6.45) is -1.74. The summed E-state index contributed by atoms with van der Waals surface area (Å²) >= 11 is 16.7. The molecule has 0 aromatic carbocycles. The molecule has 0 aliphatic carbocycles. The molecule has 0 amide bonds. The maximum absolute atomic E-state index is 13.0. The van der Waals surface area contributed by atoms with E-state index >= 15 is 0 Å². The molecule has 0 fully saturated rings. The van der Waals surface area contributed by atoms with Crippen LogP contribution in [-0.4, -0.2) is 51.2 Å². The van der Waals surface area contributed by atoms with Crippen molar-refractivity contribution in [2.75, 3.05) is 6.61 Å². The van der Waals surface area contributed by atoms with E-state index in [4.69, 9.17) is 49.0 Å². The first-order valence-corrected chi connectivity index (χ1v) is 11.0. The average Bonchev–Trinajstić information content (AvgIpc) is 2.56. The van der Waals surface area contributed by atoms with E-state index in [0.29, 0.717) is 6.42 Å². The van der Waals surface area contributed by atoms with Gasteiger partial charge in [0, 0.05) is 11.8 Å². The van der Waals surface area contributed by atoms with Crippen LogP contribution in [0.1, 0.15) is 60.8 Å². The van der Waals surface area contributed by atoms with Crippen LogP contribution >= 0.6 is 34.8 Å². The number of Topliss-reactive ketones (excluding diaryl/α,β-unsaturated/α-hetero) is 1. The number of hydrogen-bond acceptors (Lipinski definition) is 7. The Bertz CT molecular complexity index is 636. The molecule has 0 aliphatic heterocycles. The highest BCUT2D eigenvalue weighted by atomic mass is 35.6. The molecule has 0 heterocycles. The first-order valence-electron chi connectivity index (χ1n) is 9.83. The Labute approximate surface area is 199 Å². The van der Waals surface area contributed by atoms with Gasteiger partial charge in [-0.25, -0.2) is 4.79 Å². The maximum atomic E-state index is 13.0. The quantitative estimate of drug-likeness (QED) is 0.236. The van der Waals surface area contributed by atoms with Crippen molar-refractivity contribution < 1.29 is 33.7 Å². The molecule has 1 N–H and O–H groups in total. The second kappa shape index (κ2) is 12.3. The number of esters is 1. The van der Waals surface area contributed by atoms with Gasteiger partial charge in [-0.3, -0.25) is 9.59 Å². The van der Waals surface area contributed by atoms with Gasteiger partial charge in [0.1, 0.15) is 24.1 Å². The van der Waals surface area contributed by atoms with Crippen molar-refractivity contribution in [2.45, 2.75) is 82.4 Å². The molecule has 0 spiro atoms. The zero-order chi connectivity index (χ0) is 24.6. The molecule has 0 radical (unpaired) electrons. The summed E-state index contributed by atoms with van der Waals surface area (Å²) in [6, 6.07) is 0. The Morgan fingerprint density at radius 3 is 2.06 bits per heavy atom. The minimum Gasteiger partial charge on any atom is -0.460 e. The van der Waals surface area contributed by atoms with Gasteiger partial charge >= 0.3 is 12.1 Å². The summed E-state index contributed by atoms with van der Waals surface area (Å²) in [6.45, 7) is 13.0. The first-order chi connectivity index (χ1) is 13.9. The standard InChI is InChI=1S/C21H33Cl3O7/c1-8-9-13(2)14(30-18(28)29-12-21(22,23)24)10-15(25)20(6,7)16(26)11-17(27)31-19(3,4)5/h8,13-14,16,26H,1,9-12H2,2-7H3/t13-,14+,16-/m0/s1. The predicted molar refractivity (Wildman–Crippen MR) is 120 cm³/mol. The summed E-state index contributed by atoms with van der Waals surface area (Å²) in [5.74, 6) is -1.30. The third-order valence-corrected chi connectivity index (χ3v) is 4.82. The van der Waals surface area contributed by atoms with Gasteiger partial charge in [-0.15, -0.1) is 6.58 Å². The predicted octanol–water partition coefficient (Wildman–Crippen LogP) is 5.17. The van der Waals surface area contributed by atoms with E-state index in [-0.39, 0.29) is 18.8 Å².